The van der Waals surface area contributed by atoms with Crippen LogP contribution in [0.2, 0.25) is 0 Å². The molecule has 16 heavy (non-hydrogen) atoms. The third kappa shape index (κ3) is 3.76. The maximum atomic E-state index is 3.76. The van der Waals surface area contributed by atoms with Crippen molar-refractivity contribution in [3.63, 3.8) is 0 Å². The molecule has 2 aliphatic carbocycles. The average molecular weight is 223 g/mol. The highest BCUT2D eigenvalue weighted by atomic mass is 15.0. The summed E-state index contributed by atoms with van der Waals surface area (Å²) in [4.78, 5) is 0. The largest absolute Gasteiger partial charge is 0.313 e. The Bertz CT molecular complexity index is 215. The summed E-state index contributed by atoms with van der Waals surface area (Å²) in [7, 11) is 0. The molecule has 0 aromatic carbocycles. The molecule has 0 aromatic rings. The molecule has 1 unspecified atom stereocenters. The van der Waals surface area contributed by atoms with Crippen molar-refractivity contribution in [3.8, 4) is 0 Å². The van der Waals surface area contributed by atoms with Crippen LogP contribution >= 0.6 is 0 Å². The van der Waals surface area contributed by atoms with Crippen LogP contribution in [0, 0.1) is 17.3 Å². The fourth-order valence-corrected chi connectivity index (χ4v) is 2.80. The van der Waals surface area contributed by atoms with E-state index < -0.39 is 0 Å². The van der Waals surface area contributed by atoms with Gasteiger partial charge in [0.25, 0.3) is 0 Å². The fraction of sp³-hybridized carbons (Fsp3) is 1.00. The van der Waals surface area contributed by atoms with Gasteiger partial charge in [-0.25, -0.2) is 0 Å². The van der Waals surface area contributed by atoms with Gasteiger partial charge in [-0.15, -0.1) is 0 Å². The zero-order valence-corrected chi connectivity index (χ0v) is 11.4. The van der Waals surface area contributed by atoms with Crippen LogP contribution in [0.3, 0.4) is 0 Å². The fourth-order valence-electron chi connectivity index (χ4n) is 2.80. The Kier molecular flexibility index (Phi) is 3.94. The second-order valence-corrected chi connectivity index (χ2v) is 6.87. The van der Waals surface area contributed by atoms with Crippen LogP contribution < -0.4 is 5.32 Å². The first-order valence-electron chi connectivity index (χ1n) is 7.33. The van der Waals surface area contributed by atoms with Crippen LogP contribution in [0.4, 0.5) is 0 Å². The Balaban J connectivity index is 1.72. The van der Waals surface area contributed by atoms with E-state index in [0.29, 0.717) is 5.41 Å². The van der Waals surface area contributed by atoms with E-state index in [1.165, 1.54) is 51.5 Å². The molecule has 2 saturated carbocycles. The minimum atomic E-state index is 0.609. The highest BCUT2D eigenvalue weighted by Crippen LogP contribution is 2.48. The molecule has 2 rings (SSSR count). The van der Waals surface area contributed by atoms with Crippen LogP contribution in [0.25, 0.3) is 0 Å². The first-order valence-corrected chi connectivity index (χ1v) is 7.33. The molecule has 0 radical (unpaired) electrons. The lowest BCUT2D eigenvalue weighted by atomic mass is 9.79. The number of hydrogen-bond acceptors (Lipinski definition) is 1. The molecule has 0 heterocycles. The molecule has 0 aliphatic heterocycles. The lowest BCUT2D eigenvalue weighted by Gasteiger charge is -2.30. The van der Waals surface area contributed by atoms with Crippen LogP contribution in [-0.2, 0) is 0 Å². The Morgan fingerprint density at radius 2 is 1.88 bits per heavy atom. The van der Waals surface area contributed by atoms with Gasteiger partial charge in [-0.1, -0.05) is 33.6 Å². The van der Waals surface area contributed by atoms with Crippen molar-refractivity contribution in [2.45, 2.75) is 71.8 Å². The van der Waals surface area contributed by atoms with E-state index in [1.54, 1.807) is 0 Å². The molecule has 2 fully saturated rings. The second-order valence-electron chi connectivity index (χ2n) is 6.87. The Hall–Kier alpha value is -0.0400. The first kappa shape index (κ1) is 12.4. The lowest BCUT2D eigenvalue weighted by Crippen LogP contribution is -2.35. The highest BCUT2D eigenvalue weighted by molar-refractivity contribution is 4.94. The van der Waals surface area contributed by atoms with E-state index in [-0.39, 0.29) is 0 Å². The summed E-state index contributed by atoms with van der Waals surface area (Å²) in [6.45, 7) is 8.49. The van der Waals surface area contributed by atoms with Gasteiger partial charge in [0, 0.05) is 12.6 Å². The Morgan fingerprint density at radius 1 is 1.19 bits per heavy atom. The van der Waals surface area contributed by atoms with Crippen molar-refractivity contribution < 1.29 is 0 Å². The minimum absolute atomic E-state index is 0.609. The van der Waals surface area contributed by atoms with E-state index in [0.717, 1.165) is 17.9 Å². The monoisotopic (exact) mass is 223 g/mol. The molecule has 0 aromatic heterocycles. The second kappa shape index (κ2) is 5.08. The van der Waals surface area contributed by atoms with E-state index in [2.05, 4.69) is 26.1 Å². The van der Waals surface area contributed by atoms with Gasteiger partial charge in [0.05, 0.1) is 0 Å². The van der Waals surface area contributed by atoms with E-state index in [4.69, 9.17) is 0 Å². The predicted molar refractivity (Wildman–Crippen MR) is 70.5 cm³/mol. The lowest BCUT2D eigenvalue weighted by molar-refractivity contribution is 0.224. The van der Waals surface area contributed by atoms with Gasteiger partial charge >= 0.3 is 0 Å². The molecule has 2 aliphatic rings. The minimum Gasteiger partial charge on any atom is -0.313 e. The van der Waals surface area contributed by atoms with E-state index in [1.807, 2.05) is 0 Å². The molecule has 0 spiro atoms. The van der Waals surface area contributed by atoms with Crippen molar-refractivity contribution in [1.29, 1.82) is 0 Å². The summed E-state index contributed by atoms with van der Waals surface area (Å²) in [6.07, 6.45) is 10.1. The molecular weight excluding hydrogens is 194 g/mol. The zero-order valence-electron chi connectivity index (χ0n) is 11.4. The molecule has 1 heteroatoms. The third-order valence-corrected chi connectivity index (χ3v) is 4.46. The summed E-state index contributed by atoms with van der Waals surface area (Å²) >= 11 is 0. The molecule has 1 nitrogen and oxygen atoms in total. The molecule has 1 atom stereocenters. The van der Waals surface area contributed by atoms with Crippen molar-refractivity contribution >= 4 is 0 Å². The van der Waals surface area contributed by atoms with E-state index >= 15 is 0 Å². The van der Waals surface area contributed by atoms with Gasteiger partial charge in [0.15, 0.2) is 0 Å². The summed E-state index contributed by atoms with van der Waals surface area (Å²) in [6, 6.07) is 0.878. The van der Waals surface area contributed by atoms with Crippen molar-refractivity contribution in [1.82, 2.24) is 5.32 Å². The third-order valence-electron chi connectivity index (χ3n) is 4.46. The summed E-state index contributed by atoms with van der Waals surface area (Å²) < 4.78 is 0. The van der Waals surface area contributed by atoms with Gasteiger partial charge in [0.2, 0.25) is 0 Å². The topological polar surface area (TPSA) is 12.0 Å². The maximum absolute atomic E-state index is 3.76. The summed E-state index contributed by atoms with van der Waals surface area (Å²) in [5, 5.41) is 3.76. The Labute approximate surface area is 101 Å². The maximum Gasteiger partial charge on any atom is 0.00684 e. The average Bonchev–Trinajstić information content (AvgIpc) is 3.05. The first-order chi connectivity index (χ1) is 7.60. The van der Waals surface area contributed by atoms with Crippen LogP contribution in [-0.4, -0.2) is 12.6 Å². The van der Waals surface area contributed by atoms with Gasteiger partial charge in [-0.05, 0) is 49.4 Å². The molecule has 94 valence electrons. The molecule has 0 saturated heterocycles. The van der Waals surface area contributed by atoms with Crippen LogP contribution in [0.5, 0.6) is 0 Å². The van der Waals surface area contributed by atoms with Crippen molar-refractivity contribution in [2.24, 2.45) is 17.3 Å². The SMILES string of the molecule is CC(C)CCCC(C)(CNC1CC1)C1CC1. The summed E-state index contributed by atoms with van der Waals surface area (Å²) in [5.41, 5.74) is 0.609. The van der Waals surface area contributed by atoms with Crippen LogP contribution in [0.15, 0.2) is 0 Å². The molecule has 1 N–H and O–H groups in total. The van der Waals surface area contributed by atoms with E-state index in [9.17, 15) is 0 Å². The summed E-state index contributed by atoms with van der Waals surface area (Å²) in [5.74, 6) is 1.91. The van der Waals surface area contributed by atoms with Crippen molar-refractivity contribution in [2.75, 3.05) is 6.54 Å². The smallest absolute Gasteiger partial charge is 0.00684 e. The van der Waals surface area contributed by atoms with Gasteiger partial charge < -0.3 is 5.32 Å². The van der Waals surface area contributed by atoms with Gasteiger partial charge in [-0.3, -0.25) is 0 Å². The number of nitrogens with one attached hydrogen (secondary N) is 1. The van der Waals surface area contributed by atoms with Crippen molar-refractivity contribution in [3.05, 3.63) is 0 Å². The molecule has 0 amide bonds. The molecular formula is C15H29N. The van der Waals surface area contributed by atoms with Crippen LogP contribution in [0.1, 0.15) is 65.7 Å². The normalized spacial score (nSPS) is 24.8. The Morgan fingerprint density at radius 3 is 2.38 bits per heavy atom. The highest BCUT2D eigenvalue weighted by Gasteiger charge is 2.41. The molecule has 0 bridgehead atoms. The zero-order chi connectivity index (χ0) is 11.6. The number of rotatable bonds is 8. The predicted octanol–water partition coefficient (Wildman–Crippen LogP) is 3.98. The quantitative estimate of drug-likeness (QED) is 0.656. The standard InChI is InChI=1S/C15H29N/c1-12(2)5-4-10-15(3,13-6-7-13)11-16-14-8-9-14/h12-14,16H,4-11H2,1-3H3. The van der Waals surface area contributed by atoms with Gasteiger partial charge in [-0.2, -0.15) is 0 Å². The van der Waals surface area contributed by atoms with Gasteiger partial charge in [0.1, 0.15) is 0 Å². The number of hydrogen-bond donors (Lipinski definition) is 1.